The number of aliphatic hydroxyl groups is 1. The highest BCUT2D eigenvalue weighted by Gasteiger charge is 2.23. The molecule has 0 saturated carbocycles. The third-order valence-corrected chi connectivity index (χ3v) is 5.55. The highest BCUT2D eigenvalue weighted by molar-refractivity contribution is 9.11. The second-order valence-corrected chi connectivity index (χ2v) is 7.07. The maximum atomic E-state index is 10.6. The number of halogens is 1. The Balaban J connectivity index is 2.26. The molecular weight excluding hydrogens is 338 g/mol. The molecule has 2 aromatic rings. The molecule has 1 aromatic carbocycles. The van der Waals surface area contributed by atoms with Crippen LogP contribution in [0.15, 0.2) is 34.1 Å². The van der Waals surface area contributed by atoms with E-state index in [0.29, 0.717) is 6.54 Å². The summed E-state index contributed by atoms with van der Waals surface area (Å²) in [5.41, 5.74) is 8.01. The molecule has 0 fully saturated rings. The molecule has 5 heteroatoms. The number of aryl methyl sites for hydroxylation is 1. The Hall–Kier alpha value is -0.880. The second kappa shape index (κ2) is 6.72. The normalized spacial score (nSPS) is 14.1. The van der Waals surface area contributed by atoms with E-state index in [2.05, 4.69) is 15.9 Å². The van der Waals surface area contributed by atoms with Gasteiger partial charge in [-0.05, 0) is 52.2 Å². The van der Waals surface area contributed by atoms with E-state index in [1.54, 1.807) is 18.4 Å². The van der Waals surface area contributed by atoms with E-state index in [-0.39, 0.29) is 5.92 Å². The molecule has 2 rings (SSSR count). The van der Waals surface area contributed by atoms with Gasteiger partial charge in [0.1, 0.15) is 5.75 Å². The molecule has 0 aliphatic rings. The van der Waals surface area contributed by atoms with Crippen LogP contribution in [-0.2, 0) is 0 Å². The minimum absolute atomic E-state index is 0.120. The van der Waals surface area contributed by atoms with Gasteiger partial charge in [-0.1, -0.05) is 12.1 Å². The summed E-state index contributed by atoms with van der Waals surface area (Å²) in [6.45, 7) is 2.41. The van der Waals surface area contributed by atoms with Crippen molar-refractivity contribution in [1.29, 1.82) is 0 Å². The Morgan fingerprint density at radius 3 is 2.45 bits per heavy atom. The van der Waals surface area contributed by atoms with Crippen LogP contribution >= 0.6 is 27.3 Å². The monoisotopic (exact) mass is 355 g/mol. The van der Waals surface area contributed by atoms with Gasteiger partial charge in [0, 0.05) is 17.3 Å². The standard InChI is InChI=1S/C15H18BrNO2S/c1-9-7-13(20-15(9)16)14(18)12(8-17)10-3-5-11(19-2)6-4-10/h3-7,12,14,18H,8,17H2,1-2H3. The first kappa shape index (κ1) is 15.5. The highest BCUT2D eigenvalue weighted by atomic mass is 79.9. The van der Waals surface area contributed by atoms with Gasteiger partial charge in [-0.3, -0.25) is 0 Å². The van der Waals surface area contributed by atoms with Crippen LogP contribution in [0, 0.1) is 6.92 Å². The van der Waals surface area contributed by atoms with E-state index in [1.807, 2.05) is 37.3 Å². The quantitative estimate of drug-likeness (QED) is 0.861. The summed E-state index contributed by atoms with van der Waals surface area (Å²) in [4.78, 5) is 0.931. The number of rotatable bonds is 5. The summed E-state index contributed by atoms with van der Waals surface area (Å²) in [7, 11) is 1.64. The third kappa shape index (κ3) is 3.23. The summed E-state index contributed by atoms with van der Waals surface area (Å²) < 4.78 is 6.20. The molecule has 0 spiro atoms. The maximum Gasteiger partial charge on any atom is 0.118 e. The summed E-state index contributed by atoms with van der Waals surface area (Å²) in [6.07, 6.45) is -0.594. The van der Waals surface area contributed by atoms with Gasteiger partial charge >= 0.3 is 0 Å². The van der Waals surface area contributed by atoms with Crippen molar-refractivity contribution >= 4 is 27.3 Å². The molecule has 108 valence electrons. The van der Waals surface area contributed by atoms with Crippen molar-refractivity contribution in [2.45, 2.75) is 18.9 Å². The third-order valence-electron chi connectivity index (χ3n) is 3.35. The number of ether oxygens (including phenoxy) is 1. The number of hydrogen-bond acceptors (Lipinski definition) is 4. The SMILES string of the molecule is COc1ccc(C(CN)C(O)c2cc(C)c(Br)s2)cc1. The number of nitrogens with two attached hydrogens (primary N) is 1. The van der Waals surface area contributed by atoms with Crippen molar-refractivity contribution < 1.29 is 9.84 Å². The van der Waals surface area contributed by atoms with Crippen molar-refractivity contribution in [3.8, 4) is 5.75 Å². The van der Waals surface area contributed by atoms with E-state index in [9.17, 15) is 5.11 Å². The number of benzene rings is 1. The van der Waals surface area contributed by atoms with Crippen LogP contribution in [0.3, 0.4) is 0 Å². The first-order valence-electron chi connectivity index (χ1n) is 6.34. The summed E-state index contributed by atoms with van der Waals surface area (Å²) >= 11 is 5.05. The van der Waals surface area contributed by atoms with Gasteiger partial charge in [0.2, 0.25) is 0 Å². The molecular formula is C15H18BrNO2S. The average Bonchev–Trinajstić information content (AvgIpc) is 2.80. The molecule has 2 atom stereocenters. The summed E-state index contributed by atoms with van der Waals surface area (Å²) in [5.74, 6) is 0.680. The van der Waals surface area contributed by atoms with Gasteiger partial charge < -0.3 is 15.6 Å². The molecule has 0 radical (unpaired) electrons. The maximum absolute atomic E-state index is 10.6. The Kier molecular flexibility index (Phi) is 5.21. The lowest BCUT2D eigenvalue weighted by atomic mass is 9.92. The van der Waals surface area contributed by atoms with E-state index in [1.165, 1.54) is 0 Å². The Morgan fingerprint density at radius 1 is 1.35 bits per heavy atom. The number of methoxy groups -OCH3 is 1. The van der Waals surface area contributed by atoms with E-state index in [4.69, 9.17) is 10.5 Å². The zero-order valence-electron chi connectivity index (χ0n) is 11.5. The van der Waals surface area contributed by atoms with Crippen molar-refractivity contribution in [3.05, 3.63) is 50.1 Å². The van der Waals surface area contributed by atoms with Crippen molar-refractivity contribution in [1.82, 2.24) is 0 Å². The molecule has 3 N–H and O–H groups in total. The molecule has 1 aromatic heterocycles. The van der Waals surface area contributed by atoms with Crippen LogP contribution < -0.4 is 10.5 Å². The molecule has 20 heavy (non-hydrogen) atoms. The fraction of sp³-hybridized carbons (Fsp3) is 0.333. The van der Waals surface area contributed by atoms with Gasteiger partial charge in [0.25, 0.3) is 0 Å². The van der Waals surface area contributed by atoms with Crippen LogP contribution in [0.1, 0.15) is 28.0 Å². The zero-order valence-corrected chi connectivity index (χ0v) is 13.9. The zero-order chi connectivity index (χ0) is 14.7. The second-order valence-electron chi connectivity index (χ2n) is 4.67. The topological polar surface area (TPSA) is 55.5 Å². The van der Waals surface area contributed by atoms with Gasteiger partial charge in [0.15, 0.2) is 0 Å². The Labute approximate surface area is 131 Å². The van der Waals surface area contributed by atoms with Crippen molar-refractivity contribution in [2.75, 3.05) is 13.7 Å². The molecule has 1 heterocycles. The minimum atomic E-state index is -0.594. The average molecular weight is 356 g/mol. The van der Waals surface area contributed by atoms with Gasteiger partial charge in [-0.25, -0.2) is 0 Å². The Morgan fingerprint density at radius 2 is 2.00 bits per heavy atom. The fourth-order valence-corrected chi connectivity index (χ4v) is 3.75. The van der Waals surface area contributed by atoms with E-state index < -0.39 is 6.10 Å². The first-order chi connectivity index (χ1) is 9.56. The molecule has 2 unspecified atom stereocenters. The molecule has 0 bridgehead atoms. The van der Waals surface area contributed by atoms with Crippen LogP contribution in [0.2, 0.25) is 0 Å². The summed E-state index contributed by atoms with van der Waals surface area (Å²) in [6, 6.07) is 9.69. The molecule has 0 aliphatic heterocycles. The minimum Gasteiger partial charge on any atom is -0.497 e. The van der Waals surface area contributed by atoms with Crippen molar-refractivity contribution in [2.24, 2.45) is 5.73 Å². The fourth-order valence-electron chi connectivity index (χ4n) is 2.13. The summed E-state index contributed by atoms with van der Waals surface area (Å²) in [5, 5.41) is 10.6. The smallest absolute Gasteiger partial charge is 0.118 e. The predicted molar refractivity (Wildman–Crippen MR) is 86.5 cm³/mol. The molecule has 0 saturated heterocycles. The highest BCUT2D eigenvalue weighted by Crippen LogP contribution is 2.38. The lowest BCUT2D eigenvalue weighted by molar-refractivity contribution is 0.151. The van der Waals surface area contributed by atoms with Gasteiger partial charge in [-0.2, -0.15) is 0 Å². The lowest BCUT2D eigenvalue weighted by Crippen LogP contribution is -2.19. The first-order valence-corrected chi connectivity index (χ1v) is 7.95. The van der Waals surface area contributed by atoms with E-state index >= 15 is 0 Å². The van der Waals surface area contributed by atoms with Crippen LogP contribution in [-0.4, -0.2) is 18.8 Å². The number of hydrogen-bond donors (Lipinski definition) is 2. The van der Waals surface area contributed by atoms with E-state index in [0.717, 1.165) is 25.5 Å². The predicted octanol–water partition coefficient (Wildman–Crippen LogP) is 3.60. The number of aliphatic hydroxyl groups excluding tert-OH is 1. The van der Waals surface area contributed by atoms with Gasteiger partial charge in [0.05, 0.1) is 17.0 Å². The largest absolute Gasteiger partial charge is 0.497 e. The Bertz CT molecular complexity index is 548. The van der Waals surface area contributed by atoms with Crippen LogP contribution in [0.4, 0.5) is 0 Å². The van der Waals surface area contributed by atoms with Crippen molar-refractivity contribution in [3.63, 3.8) is 0 Å². The number of thiophene rings is 1. The molecule has 0 aliphatic carbocycles. The molecule has 3 nitrogen and oxygen atoms in total. The van der Waals surface area contributed by atoms with Crippen LogP contribution in [0.25, 0.3) is 0 Å². The lowest BCUT2D eigenvalue weighted by Gasteiger charge is -2.21. The van der Waals surface area contributed by atoms with Crippen LogP contribution in [0.5, 0.6) is 5.75 Å². The van der Waals surface area contributed by atoms with Gasteiger partial charge in [-0.15, -0.1) is 11.3 Å². The molecule has 0 amide bonds.